The van der Waals surface area contributed by atoms with Crippen molar-refractivity contribution in [1.29, 1.82) is 0 Å². The van der Waals surface area contributed by atoms with E-state index in [1.807, 2.05) is 32.0 Å². The number of hydrogen-bond donors (Lipinski definition) is 1. The van der Waals surface area contributed by atoms with Crippen LogP contribution in [-0.4, -0.2) is 15.3 Å². The number of carbonyl (C=O) groups excluding carboxylic acids is 1. The maximum Gasteiger partial charge on any atom is 0.270 e. The first kappa shape index (κ1) is 16.2. The highest BCUT2D eigenvalue weighted by atomic mass is 35.5. The van der Waals surface area contributed by atoms with Gasteiger partial charge in [0.1, 0.15) is 11.2 Å². The van der Waals surface area contributed by atoms with E-state index in [1.165, 1.54) is 10.6 Å². The fourth-order valence-electron chi connectivity index (χ4n) is 2.47. The summed E-state index contributed by atoms with van der Waals surface area (Å²) in [6.07, 6.45) is 2.98. The molecule has 2 heterocycles. The van der Waals surface area contributed by atoms with Crippen LogP contribution in [0.15, 0.2) is 53.6 Å². The molecule has 1 atom stereocenters. The van der Waals surface area contributed by atoms with Gasteiger partial charge in [-0.2, -0.15) is 0 Å². The van der Waals surface area contributed by atoms with Gasteiger partial charge in [0.05, 0.1) is 6.04 Å². The smallest absolute Gasteiger partial charge is 0.270 e. The van der Waals surface area contributed by atoms with Gasteiger partial charge >= 0.3 is 0 Å². The number of rotatable bonds is 3. The Kier molecular flexibility index (Phi) is 4.36. The number of carbonyl (C=O) groups is 1. The number of benzene rings is 1. The van der Waals surface area contributed by atoms with Crippen LogP contribution in [0.3, 0.4) is 0 Å². The Hall–Kier alpha value is -2.66. The van der Waals surface area contributed by atoms with Crippen LogP contribution < -0.4 is 10.9 Å². The van der Waals surface area contributed by atoms with Crippen molar-refractivity contribution in [1.82, 2.24) is 14.7 Å². The Morgan fingerprint density at radius 1 is 1.29 bits per heavy atom. The quantitative estimate of drug-likeness (QED) is 0.796. The van der Waals surface area contributed by atoms with Crippen molar-refractivity contribution >= 4 is 23.2 Å². The molecule has 0 aliphatic heterocycles. The van der Waals surface area contributed by atoms with E-state index in [0.717, 1.165) is 11.1 Å². The number of amides is 1. The molecule has 0 aliphatic rings. The first-order valence-corrected chi connectivity index (χ1v) is 7.88. The first-order valence-electron chi connectivity index (χ1n) is 7.50. The third-order valence-electron chi connectivity index (χ3n) is 3.79. The predicted molar refractivity (Wildman–Crippen MR) is 93.5 cm³/mol. The van der Waals surface area contributed by atoms with Crippen LogP contribution in [0, 0.1) is 6.92 Å². The topological polar surface area (TPSA) is 63.5 Å². The summed E-state index contributed by atoms with van der Waals surface area (Å²) in [6, 6.07) is 10.5. The molecule has 0 spiro atoms. The van der Waals surface area contributed by atoms with Gasteiger partial charge in [-0.1, -0.05) is 29.8 Å². The number of hydrogen-bond acceptors (Lipinski definition) is 3. The SMILES string of the molecule is Cc1ccc2ncc(C(=O)NC(C)c3cccc(Cl)c3)c(=O)n2c1. The Balaban J connectivity index is 1.91. The molecule has 6 heteroatoms. The summed E-state index contributed by atoms with van der Waals surface area (Å²) in [5.74, 6) is -0.462. The molecule has 0 fully saturated rings. The minimum atomic E-state index is -0.462. The Morgan fingerprint density at radius 3 is 2.83 bits per heavy atom. The van der Waals surface area contributed by atoms with Crippen molar-refractivity contribution < 1.29 is 4.79 Å². The lowest BCUT2D eigenvalue weighted by Crippen LogP contribution is -2.33. The molecule has 1 amide bonds. The molecule has 1 aromatic carbocycles. The van der Waals surface area contributed by atoms with Crippen molar-refractivity contribution in [2.24, 2.45) is 0 Å². The number of aryl methyl sites for hydroxylation is 1. The molecule has 0 radical (unpaired) electrons. The summed E-state index contributed by atoms with van der Waals surface area (Å²) in [5, 5.41) is 3.40. The molecule has 1 unspecified atom stereocenters. The molecule has 122 valence electrons. The Bertz CT molecular complexity index is 981. The van der Waals surface area contributed by atoms with Crippen LogP contribution in [0.4, 0.5) is 0 Å². The lowest BCUT2D eigenvalue weighted by atomic mass is 10.1. The zero-order chi connectivity index (χ0) is 17.3. The third-order valence-corrected chi connectivity index (χ3v) is 4.03. The number of nitrogens with zero attached hydrogens (tertiary/aromatic N) is 2. The van der Waals surface area contributed by atoms with E-state index < -0.39 is 5.91 Å². The maximum absolute atomic E-state index is 12.5. The molecular weight excluding hydrogens is 326 g/mol. The monoisotopic (exact) mass is 341 g/mol. The minimum Gasteiger partial charge on any atom is -0.345 e. The second-order valence-electron chi connectivity index (χ2n) is 5.66. The maximum atomic E-state index is 12.5. The van der Waals surface area contributed by atoms with Crippen molar-refractivity contribution in [3.05, 3.63) is 80.9 Å². The fourth-order valence-corrected chi connectivity index (χ4v) is 2.67. The third kappa shape index (κ3) is 3.16. The highest BCUT2D eigenvalue weighted by molar-refractivity contribution is 6.30. The number of halogens is 1. The van der Waals surface area contributed by atoms with Crippen molar-refractivity contribution in [3.8, 4) is 0 Å². The van der Waals surface area contributed by atoms with Gasteiger partial charge in [-0.25, -0.2) is 4.98 Å². The minimum absolute atomic E-state index is 0.00646. The van der Waals surface area contributed by atoms with Gasteiger partial charge in [-0.3, -0.25) is 14.0 Å². The van der Waals surface area contributed by atoms with Gasteiger partial charge in [-0.05, 0) is 43.2 Å². The molecule has 0 bridgehead atoms. The number of fused-ring (bicyclic) bond motifs is 1. The normalized spacial score (nSPS) is 12.1. The number of nitrogens with one attached hydrogen (secondary N) is 1. The van der Waals surface area contributed by atoms with E-state index in [2.05, 4.69) is 10.3 Å². The summed E-state index contributed by atoms with van der Waals surface area (Å²) in [4.78, 5) is 29.2. The zero-order valence-corrected chi connectivity index (χ0v) is 14.0. The van der Waals surface area contributed by atoms with Gasteiger partial charge < -0.3 is 5.32 Å². The van der Waals surface area contributed by atoms with Crippen LogP contribution in [0.1, 0.15) is 34.5 Å². The van der Waals surface area contributed by atoms with Gasteiger partial charge in [0.25, 0.3) is 11.5 Å². The lowest BCUT2D eigenvalue weighted by molar-refractivity contribution is 0.0938. The molecule has 3 rings (SSSR count). The van der Waals surface area contributed by atoms with Crippen LogP contribution in [-0.2, 0) is 0 Å². The molecule has 2 aromatic heterocycles. The second-order valence-corrected chi connectivity index (χ2v) is 6.10. The molecule has 24 heavy (non-hydrogen) atoms. The summed E-state index contributed by atoms with van der Waals surface area (Å²) < 4.78 is 1.38. The Morgan fingerprint density at radius 2 is 2.08 bits per heavy atom. The molecule has 0 saturated carbocycles. The fraction of sp³-hybridized carbons (Fsp3) is 0.167. The molecule has 0 saturated heterocycles. The van der Waals surface area contributed by atoms with Gasteiger partial charge in [0, 0.05) is 17.4 Å². The van der Waals surface area contributed by atoms with E-state index in [4.69, 9.17) is 11.6 Å². The predicted octanol–water partition coefficient (Wildman–Crippen LogP) is 3.15. The van der Waals surface area contributed by atoms with Crippen LogP contribution in [0.25, 0.3) is 5.65 Å². The molecule has 1 N–H and O–H groups in total. The van der Waals surface area contributed by atoms with Gasteiger partial charge in [-0.15, -0.1) is 0 Å². The Labute approximate surface area is 143 Å². The second kappa shape index (κ2) is 6.45. The van der Waals surface area contributed by atoms with Crippen LogP contribution in [0.5, 0.6) is 0 Å². The summed E-state index contributed by atoms with van der Waals surface area (Å²) in [7, 11) is 0. The van der Waals surface area contributed by atoms with Crippen molar-refractivity contribution in [2.45, 2.75) is 19.9 Å². The number of pyridine rings is 1. The highest BCUT2D eigenvalue weighted by Gasteiger charge is 2.16. The first-order chi connectivity index (χ1) is 11.5. The van der Waals surface area contributed by atoms with Crippen molar-refractivity contribution in [3.63, 3.8) is 0 Å². The van der Waals surface area contributed by atoms with Gasteiger partial charge in [0.2, 0.25) is 0 Å². The standard InChI is InChI=1S/C18H16ClN3O2/c1-11-6-7-16-20-9-15(18(24)22(16)10-11)17(23)21-12(2)13-4-3-5-14(19)8-13/h3-10,12H,1-2H3,(H,21,23). The summed E-state index contributed by atoms with van der Waals surface area (Å²) >= 11 is 5.97. The number of aromatic nitrogens is 2. The molecule has 0 aliphatic carbocycles. The lowest BCUT2D eigenvalue weighted by Gasteiger charge is -2.14. The van der Waals surface area contributed by atoms with E-state index in [9.17, 15) is 9.59 Å². The van der Waals surface area contributed by atoms with Crippen LogP contribution in [0.2, 0.25) is 5.02 Å². The average Bonchev–Trinajstić information content (AvgIpc) is 2.55. The van der Waals surface area contributed by atoms with Gasteiger partial charge in [0.15, 0.2) is 0 Å². The molecule has 3 aromatic rings. The highest BCUT2D eigenvalue weighted by Crippen LogP contribution is 2.17. The van der Waals surface area contributed by atoms with E-state index in [-0.39, 0.29) is 17.2 Å². The van der Waals surface area contributed by atoms with E-state index in [0.29, 0.717) is 10.7 Å². The molecule has 5 nitrogen and oxygen atoms in total. The van der Waals surface area contributed by atoms with Crippen molar-refractivity contribution in [2.75, 3.05) is 0 Å². The van der Waals surface area contributed by atoms with Crippen LogP contribution >= 0.6 is 11.6 Å². The summed E-state index contributed by atoms with van der Waals surface area (Å²) in [5.41, 5.74) is 1.90. The summed E-state index contributed by atoms with van der Waals surface area (Å²) in [6.45, 7) is 3.71. The molecular formula is C18H16ClN3O2. The average molecular weight is 342 g/mol. The van der Waals surface area contributed by atoms with E-state index >= 15 is 0 Å². The van der Waals surface area contributed by atoms with E-state index in [1.54, 1.807) is 24.4 Å². The largest absolute Gasteiger partial charge is 0.345 e. The zero-order valence-electron chi connectivity index (χ0n) is 13.3.